The summed E-state index contributed by atoms with van der Waals surface area (Å²) in [6, 6.07) is 0.254. The Labute approximate surface area is 122 Å². The summed E-state index contributed by atoms with van der Waals surface area (Å²) in [6.07, 6.45) is 5.44. The summed E-state index contributed by atoms with van der Waals surface area (Å²) in [7, 11) is 0. The van der Waals surface area contributed by atoms with E-state index in [4.69, 9.17) is 0 Å². The molecule has 0 saturated heterocycles. The van der Waals surface area contributed by atoms with Crippen LogP contribution in [0.1, 0.15) is 72.0 Å². The molecule has 0 radical (unpaired) electrons. The average molecular weight is 281 g/mol. The molecule has 4 heteroatoms. The minimum absolute atomic E-state index is 0.00802. The summed E-state index contributed by atoms with van der Waals surface area (Å²) in [5.74, 6) is 0.640. The summed E-state index contributed by atoms with van der Waals surface area (Å²) < 4.78 is 15.7. The standard InChI is InChI=1S/C16H28FN3/c1-11(2)9-15(17)13(5)7-8-14(6)20-10-16(12(3)4)18-19-20/h9-14H,7-8H2,1-6H3/b15-9-. The van der Waals surface area contributed by atoms with Crippen LogP contribution in [0.4, 0.5) is 4.39 Å². The molecule has 1 aromatic heterocycles. The van der Waals surface area contributed by atoms with Crippen molar-refractivity contribution in [3.05, 3.63) is 23.8 Å². The van der Waals surface area contributed by atoms with Crippen LogP contribution in [0.2, 0.25) is 0 Å². The molecule has 0 spiro atoms. The fourth-order valence-electron chi connectivity index (χ4n) is 2.01. The van der Waals surface area contributed by atoms with Gasteiger partial charge in [-0.25, -0.2) is 9.07 Å². The first-order chi connectivity index (χ1) is 9.31. The first kappa shape index (κ1) is 16.9. The Morgan fingerprint density at radius 1 is 1.20 bits per heavy atom. The Morgan fingerprint density at radius 3 is 2.35 bits per heavy atom. The molecule has 0 saturated carbocycles. The van der Waals surface area contributed by atoms with E-state index in [1.807, 2.05) is 31.6 Å². The summed E-state index contributed by atoms with van der Waals surface area (Å²) >= 11 is 0. The van der Waals surface area contributed by atoms with Gasteiger partial charge >= 0.3 is 0 Å². The zero-order valence-electron chi connectivity index (χ0n) is 13.6. The molecule has 2 atom stereocenters. The molecule has 3 nitrogen and oxygen atoms in total. The maximum Gasteiger partial charge on any atom is 0.0990 e. The van der Waals surface area contributed by atoms with Crippen molar-refractivity contribution in [2.75, 3.05) is 0 Å². The largest absolute Gasteiger partial charge is 0.250 e. The number of halogens is 1. The van der Waals surface area contributed by atoms with Crippen LogP contribution in [0.5, 0.6) is 0 Å². The molecule has 1 rings (SSSR count). The van der Waals surface area contributed by atoms with Crippen LogP contribution >= 0.6 is 0 Å². The lowest BCUT2D eigenvalue weighted by Gasteiger charge is -2.15. The number of hydrogen-bond donors (Lipinski definition) is 0. The highest BCUT2D eigenvalue weighted by Gasteiger charge is 2.14. The van der Waals surface area contributed by atoms with Crippen LogP contribution in [0.3, 0.4) is 0 Å². The lowest BCUT2D eigenvalue weighted by atomic mass is 9.99. The molecule has 0 amide bonds. The van der Waals surface area contributed by atoms with Crippen molar-refractivity contribution in [2.45, 2.75) is 66.3 Å². The van der Waals surface area contributed by atoms with Gasteiger partial charge < -0.3 is 0 Å². The van der Waals surface area contributed by atoms with Crippen molar-refractivity contribution in [1.82, 2.24) is 15.0 Å². The van der Waals surface area contributed by atoms with E-state index in [1.165, 1.54) is 0 Å². The predicted molar refractivity (Wildman–Crippen MR) is 81.2 cm³/mol. The van der Waals surface area contributed by atoms with Gasteiger partial charge in [-0.1, -0.05) is 45.9 Å². The smallest absolute Gasteiger partial charge is 0.0990 e. The van der Waals surface area contributed by atoms with E-state index in [1.54, 1.807) is 6.08 Å². The first-order valence-electron chi connectivity index (χ1n) is 7.60. The summed E-state index contributed by atoms with van der Waals surface area (Å²) in [5, 5.41) is 8.33. The molecule has 0 aliphatic heterocycles. The van der Waals surface area contributed by atoms with Gasteiger partial charge in [-0.3, -0.25) is 0 Å². The van der Waals surface area contributed by atoms with E-state index in [0.717, 1.165) is 18.5 Å². The topological polar surface area (TPSA) is 30.7 Å². The second-order valence-corrected chi connectivity index (χ2v) is 6.40. The van der Waals surface area contributed by atoms with Gasteiger partial charge in [0.05, 0.1) is 17.6 Å². The van der Waals surface area contributed by atoms with E-state index in [-0.39, 0.29) is 23.7 Å². The van der Waals surface area contributed by atoms with Crippen molar-refractivity contribution < 1.29 is 4.39 Å². The van der Waals surface area contributed by atoms with E-state index in [0.29, 0.717) is 5.92 Å². The van der Waals surface area contributed by atoms with Crippen LogP contribution in [0, 0.1) is 11.8 Å². The van der Waals surface area contributed by atoms with Gasteiger partial charge in [-0.2, -0.15) is 0 Å². The monoisotopic (exact) mass is 281 g/mol. The van der Waals surface area contributed by atoms with Gasteiger partial charge in [0.1, 0.15) is 0 Å². The van der Waals surface area contributed by atoms with E-state index in [9.17, 15) is 4.39 Å². The Bertz CT molecular complexity index is 435. The Hall–Kier alpha value is -1.19. The highest BCUT2D eigenvalue weighted by molar-refractivity contribution is 5.00. The summed E-state index contributed by atoms with van der Waals surface area (Å²) in [6.45, 7) is 12.3. The van der Waals surface area contributed by atoms with Gasteiger partial charge in [0.15, 0.2) is 0 Å². The van der Waals surface area contributed by atoms with Gasteiger partial charge in [0, 0.05) is 12.1 Å². The van der Waals surface area contributed by atoms with E-state index >= 15 is 0 Å². The quantitative estimate of drug-likeness (QED) is 0.712. The highest BCUT2D eigenvalue weighted by Crippen LogP contribution is 2.24. The predicted octanol–water partition coefficient (Wildman–Crippen LogP) is 4.89. The number of aromatic nitrogens is 3. The first-order valence-corrected chi connectivity index (χ1v) is 7.60. The zero-order valence-corrected chi connectivity index (χ0v) is 13.6. The molecule has 0 bridgehead atoms. The summed E-state index contributed by atoms with van der Waals surface area (Å²) in [5.41, 5.74) is 1.01. The van der Waals surface area contributed by atoms with E-state index in [2.05, 4.69) is 31.1 Å². The van der Waals surface area contributed by atoms with Crippen LogP contribution < -0.4 is 0 Å². The number of allylic oxidation sites excluding steroid dienone is 2. The number of rotatable bonds is 7. The molecule has 0 aliphatic carbocycles. The maximum absolute atomic E-state index is 13.8. The SMILES string of the molecule is CC(C)/C=C(\F)C(C)CCC(C)n1cc(C(C)C)nn1. The van der Waals surface area contributed by atoms with Gasteiger partial charge in [-0.15, -0.1) is 5.10 Å². The molecule has 0 N–H and O–H groups in total. The van der Waals surface area contributed by atoms with Crippen molar-refractivity contribution in [3.8, 4) is 0 Å². The molecule has 0 aromatic carbocycles. The van der Waals surface area contributed by atoms with Crippen molar-refractivity contribution in [3.63, 3.8) is 0 Å². The minimum Gasteiger partial charge on any atom is -0.250 e. The molecule has 1 aromatic rings. The van der Waals surface area contributed by atoms with Crippen LogP contribution in [-0.2, 0) is 0 Å². The number of hydrogen-bond acceptors (Lipinski definition) is 2. The molecular formula is C16H28FN3. The fourth-order valence-corrected chi connectivity index (χ4v) is 2.01. The third-order valence-electron chi connectivity index (χ3n) is 3.55. The highest BCUT2D eigenvalue weighted by atomic mass is 19.1. The molecule has 114 valence electrons. The number of nitrogens with zero attached hydrogens (tertiary/aromatic N) is 3. The van der Waals surface area contributed by atoms with Crippen LogP contribution in [-0.4, -0.2) is 15.0 Å². The molecule has 1 heterocycles. The van der Waals surface area contributed by atoms with Crippen LogP contribution in [0.25, 0.3) is 0 Å². The van der Waals surface area contributed by atoms with Gasteiger partial charge in [-0.05, 0) is 31.6 Å². The Kier molecular flexibility index (Phi) is 6.37. The lowest BCUT2D eigenvalue weighted by Crippen LogP contribution is -2.08. The van der Waals surface area contributed by atoms with Crippen LogP contribution in [0.15, 0.2) is 18.1 Å². The zero-order chi connectivity index (χ0) is 15.3. The lowest BCUT2D eigenvalue weighted by molar-refractivity contribution is 0.381. The minimum atomic E-state index is -0.0204. The third kappa shape index (κ3) is 5.06. The van der Waals surface area contributed by atoms with Crippen molar-refractivity contribution in [1.29, 1.82) is 0 Å². The van der Waals surface area contributed by atoms with Crippen molar-refractivity contribution >= 4 is 0 Å². The Balaban J connectivity index is 2.52. The molecule has 0 fully saturated rings. The van der Waals surface area contributed by atoms with E-state index < -0.39 is 0 Å². The third-order valence-corrected chi connectivity index (χ3v) is 3.55. The Morgan fingerprint density at radius 2 is 1.85 bits per heavy atom. The maximum atomic E-state index is 13.8. The second-order valence-electron chi connectivity index (χ2n) is 6.40. The van der Waals surface area contributed by atoms with Gasteiger partial charge in [0.25, 0.3) is 0 Å². The average Bonchev–Trinajstić information content (AvgIpc) is 2.84. The molecular weight excluding hydrogens is 253 g/mol. The fraction of sp³-hybridized carbons (Fsp3) is 0.750. The summed E-state index contributed by atoms with van der Waals surface area (Å²) in [4.78, 5) is 0. The molecule has 0 aliphatic rings. The van der Waals surface area contributed by atoms with Crippen molar-refractivity contribution in [2.24, 2.45) is 11.8 Å². The second kappa shape index (κ2) is 7.55. The molecule has 2 unspecified atom stereocenters. The normalized spacial score (nSPS) is 15.9. The molecule has 20 heavy (non-hydrogen) atoms. The van der Waals surface area contributed by atoms with Gasteiger partial charge in [0.2, 0.25) is 0 Å².